The highest BCUT2D eigenvalue weighted by Gasteiger charge is 2.19. The van der Waals surface area contributed by atoms with Crippen molar-refractivity contribution in [1.82, 2.24) is 4.57 Å². The van der Waals surface area contributed by atoms with Crippen LogP contribution in [-0.2, 0) is 0 Å². The van der Waals surface area contributed by atoms with E-state index in [0.29, 0.717) is 0 Å². The predicted octanol–water partition coefficient (Wildman–Crippen LogP) is 18.1. The van der Waals surface area contributed by atoms with E-state index in [1.807, 2.05) is 0 Å². The van der Waals surface area contributed by atoms with Crippen LogP contribution in [0.1, 0.15) is 0 Å². The van der Waals surface area contributed by atoms with E-state index >= 15 is 0 Å². The lowest BCUT2D eigenvalue weighted by Crippen LogP contribution is -1.96. The van der Waals surface area contributed by atoms with Crippen molar-refractivity contribution in [2.75, 3.05) is 0 Å². The Hall–Kier alpha value is -8.78. The van der Waals surface area contributed by atoms with Crippen LogP contribution in [0.3, 0.4) is 0 Å². The van der Waals surface area contributed by atoms with Crippen molar-refractivity contribution in [3.05, 3.63) is 273 Å². The fourth-order valence-electron chi connectivity index (χ4n) is 9.90. The number of hydrogen-bond donors (Lipinski definition) is 0. The molecule has 1 heteroatoms. The molecule has 0 aliphatic rings. The summed E-state index contributed by atoms with van der Waals surface area (Å²) in [6.45, 7) is 0. The van der Waals surface area contributed by atoms with Crippen molar-refractivity contribution in [3.63, 3.8) is 0 Å². The van der Waals surface area contributed by atoms with Crippen molar-refractivity contribution in [2.45, 2.75) is 0 Å². The topological polar surface area (TPSA) is 4.93 Å². The molecule has 314 valence electrons. The lowest BCUT2D eigenvalue weighted by Gasteiger charge is -2.15. The van der Waals surface area contributed by atoms with Gasteiger partial charge < -0.3 is 4.57 Å². The lowest BCUT2D eigenvalue weighted by molar-refractivity contribution is 1.18. The van der Waals surface area contributed by atoms with Gasteiger partial charge in [-0.3, -0.25) is 0 Å². The lowest BCUT2D eigenvalue weighted by atomic mass is 9.90. The maximum absolute atomic E-state index is 2.48. The molecule has 1 aromatic heterocycles. The van der Waals surface area contributed by atoms with Gasteiger partial charge in [0.15, 0.2) is 0 Å². The number of benzene rings is 11. The SMILES string of the molecule is c1ccc(-c2cc(-c3ccccc3)cc(-n3c4ccc(-c5ccc(-c6ccccc6)cc5-c5ccccc5)cc4c4cc(-c5ccc(-c6ccccc6)cc5-c5ccccc5)ccc43)c2)cc1. The summed E-state index contributed by atoms with van der Waals surface area (Å²) < 4.78 is 2.48. The Labute approximate surface area is 392 Å². The Balaban J connectivity index is 1.11. The molecule has 0 spiro atoms. The third-order valence-corrected chi connectivity index (χ3v) is 13.2. The Morgan fingerprint density at radius 3 is 0.851 bits per heavy atom. The van der Waals surface area contributed by atoms with Crippen LogP contribution >= 0.6 is 0 Å². The fourth-order valence-corrected chi connectivity index (χ4v) is 9.90. The largest absolute Gasteiger partial charge is 0.309 e. The molecule has 0 saturated heterocycles. The van der Waals surface area contributed by atoms with Crippen molar-refractivity contribution < 1.29 is 0 Å². The van der Waals surface area contributed by atoms with E-state index in [1.54, 1.807) is 0 Å². The first-order chi connectivity index (χ1) is 33.2. The molecule has 0 aliphatic heterocycles. The molecule has 0 amide bonds. The van der Waals surface area contributed by atoms with E-state index in [-0.39, 0.29) is 0 Å². The maximum Gasteiger partial charge on any atom is 0.0541 e. The van der Waals surface area contributed by atoms with Crippen molar-refractivity contribution in [3.8, 4) is 94.7 Å². The normalized spacial score (nSPS) is 11.3. The summed E-state index contributed by atoms with van der Waals surface area (Å²) in [5.41, 5.74) is 22.5. The van der Waals surface area contributed by atoms with Gasteiger partial charge in [0.05, 0.1) is 11.0 Å². The standard InChI is InChI=1S/C66H45N/c1-7-19-46(20-8-1)52-31-35-59(61(42-52)50-27-15-5-16-28-50)54-33-37-65-63(44-54)64-45-55(60-36-32-53(47-21-9-2-10-22-47)43-62(60)51-29-17-6-18-30-51)34-38-66(64)67(65)58-40-56(48-23-11-3-12-24-48)39-57(41-58)49-25-13-4-14-26-49/h1-45H. The van der Waals surface area contributed by atoms with Crippen molar-refractivity contribution in [1.29, 1.82) is 0 Å². The quantitative estimate of drug-likeness (QED) is 0.136. The molecule has 12 rings (SSSR count). The average molecular weight is 852 g/mol. The highest BCUT2D eigenvalue weighted by atomic mass is 15.0. The molecule has 0 fully saturated rings. The van der Waals surface area contributed by atoms with Crippen LogP contribution in [0.4, 0.5) is 0 Å². The van der Waals surface area contributed by atoms with Crippen LogP contribution in [0.25, 0.3) is 117 Å². The summed E-state index contributed by atoms with van der Waals surface area (Å²) in [5, 5.41) is 2.41. The molecule has 1 heterocycles. The van der Waals surface area contributed by atoms with Gasteiger partial charge in [0.1, 0.15) is 0 Å². The minimum absolute atomic E-state index is 1.12. The third-order valence-electron chi connectivity index (χ3n) is 13.2. The summed E-state index contributed by atoms with van der Waals surface area (Å²) in [6, 6.07) is 99.6. The van der Waals surface area contributed by atoms with Gasteiger partial charge in [0.25, 0.3) is 0 Å². The zero-order valence-corrected chi connectivity index (χ0v) is 36.9. The maximum atomic E-state index is 2.48. The van der Waals surface area contributed by atoms with Crippen LogP contribution in [0, 0.1) is 0 Å². The zero-order valence-electron chi connectivity index (χ0n) is 36.9. The molecule has 1 nitrogen and oxygen atoms in total. The summed E-state index contributed by atoms with van der Waals surface area (Å²) >= 11 is 0. The molecule has 0 aliphatic carbocycles. The first-order valence-electron chi connectivity index (χ1n) is 23.1. The van der Waals surface area contributed by atoms with Crippen LogP contribution in [0.5, 0.6) is 0 Å². The van der Waals surface area contributed by atoms with Gasteiger partial charge in [-0.15, -0.1) is 0 Å². The monoisotopic (exact) mass is 851 g/mol. The number of nitrogens with zero attached hydrogens (tertiary/aromatic N) is 1. The van der Waals surface area contributed by atoms with Gasteiger partial charge >= 0.3 is 0 Å². The molecule has 0 saturated carbocycles. The highest BCUT2D eigenvalue weighted by Crippen LogP contribution is 2.43. The first-order valence-corrected chi connectivity index (χ1v) is 23.1. The van der Waals surface area contributed by atoms with Crippen LogP contribution < -0.4 is 0 Å². The van der Waals surface area contributed by atoms with Crippen LogP contribution in [-0.4, -0.2) is 4.57 Å². The molecular weight excluding hydrogens is 807 g/mol. The Bertz CT molecular complexity index is 3450. The number of hydrogen-bond acceptors (Lipinski definition) is 0. The summed E-state index contributed by atoms with van der Waals surface area (Å²) in [5.74, 6) is 0. The summed E-state index contributed by atoms with van der Waals surface area (Å²) in [7, 11) is 0. The van der Waals surface area contributed by atoms with E-state index in [0.717, 1.165) is 16.7 Å². The minimum atomic E-state index is 1.12. The van der Waals surface area contributed by atoms with E-state index in [2.05, 4.69) is 278 Å². The second-order valence-electron chi connectivity index (χ2n) is 17.3. The molecule has 12 aromatic rings. The van der Waals surface area contributed by atoms with Gasteiger partial charge in [0.2, 0.25) is 0 Å². The van der Waals surface area contributed by atoms with E-state index in [9.17, 15) is 0 Å². The van der Waals surface area contributed by atoms with Crippen LogP contribution in [0.15, 0.2) is 273 Å². The van der Waals surface area contributed by atoms with E-state index in [4.69, 9.17) is 0 Å². The summed E-state index contributed by atoms with van der Waals surface area (Å²) in [6.07, 6.45) is 0. The van der Waals surface area contributed by atoms with Crippen molar-refractivity contribution >= 4 is 21.8 Å². The summed E-state index contributed by atoms with van der Waals surface area (Å²) in [4.78, 5) is 0. The van der Waals surface area contributed by atoms with E-state index < -0.39 is 0 Å². The molecule has 0 unspecified atom stereocenters. The number of fused-ring (bicyclic) bond motifs is 3. The molecule has 0 radical (unpaired) electrons. The first kappa shape index (κ1) is 39.8. The van der Waals surface area contributed by atoms with Gasteiger partial charge in [-0.25, -0.2) is 0 Å². The number of rotatable bonds is 9. The molecule has 0 bridgehead atoms. The molecule has 0 N–H and O–H groups in total. The fraction of sp³-hybridized carbons (Fsp3) is 0. The third kappa shape index (κ3) is 7.63. The molecule has 67 heavy (non-hydrogen) atoms. The second kappa shape index (κ2) is 17.3. The minimum Gasteiger partial charge on any atom is -0.309 e. The average Bonchev–Trinajstić information content (AvgIpc) is 3.75. The van der Waals surface area contributed by atoms with Gasteiger partial charge in [0, 0.05) is 16.5 Å². The number of aromatic nitrogens is 1. The second-order valence-corrected chi connectivity index (χ2v) is 17.3. The Morgan fingerprint density at radius 1 is 0.179 bits per heavy atom. The smallest absolute Gasteiger partial charge is 0.0541 e. The van der Waals surface area contributed by atoms with Crippen LogP contribution in [0.2, 0.25) is 0 Å². The zero-order chi connectivity index (χ0) is 44.5. The van der Waals surface area contributed by atoms with Gasteiger partial charge in [-0.1, -0.05) is 218 Å². The molecular formula is C66H45N. The Kier molecular flexibility index (Phi) is 10.3. The van der Waals surface area contributed by atoms with E-state index in [1.165, 1.54) is 99.8 Å². The van der Waals surface area contributed by atoms with Gasteiger partial charge in [-0.2, -0.15) is 0 Å². The molecule has 11 aromatic carbocycles. The predicted molar refractivity (Wildman–Crippen MR) is 284 cm³/mol. The van der Waals surface area contributed by atoms with Crippen molar-refractivity contribution in [2.24, 2.45) is 0 Å². The Morgan fingerprint density at radius 2 is 0.493 bits per heavy atom. The highest BCUT2D eigenvalue weighted by molar-refractivity contribution is 6.12. The molecule has 0 atom stereocenters. The van der Waals surface area contributed by atoms with Gasteiger partial charge in [-0.05, 0) is 144 Å².